The highest BCUT2D eigenvalue weighted by molar-refractivity contribution is 7.98. The average molecular weight is 324 g/mol. The van der Waals surface area contributed by atoms with Crippen LogP contribution in [0.1, 0.15) is 5.82 Å². The number of rotatable bonds is 5. The molecule has 6 heteroatoms. The van der Waals surface area contributed by atoms with Crippen molar-refractivity contribution in [2.45, 2.75) is 17.5 Å². The molecule has 0 spiro atoms. The molecule has 5 nitrogen and oxygen atoms in total. The molecule has 2 N–H and O–H groups in total. The number of hydrogen-bond donors (Lipinski definition) is 2. The van der Waals surface area contributed by atoms with Crippen molar-refractivity contribution >= 4 is 33.8 Å². The van der Waals surface area contributed by atoms with Crippen LogP contribution in [0.3, 0.4) is 0 Å². The SMILES string of the molecule is OCCn1c(SCc2nc3ccccc3[nH]2)nc2ccccc21. The van der Waals surface area contributed by atoms with E-state index in [9.17, 15) is 5.11 Å². The zero-order chi connectivity index (χ0) is 15.6. The van der Waals surface area contributed by atoms with Gasteiger partial charge < -0.3 is 14.7 Å². The highest BCUT2D eigenvalue weighted by Crippen LogP contribution is 2.26. The zero-order valence-electron chi connectivity index (χ0n) is 12.4. The third-order valence-electron chi connectivity index (χ3n) is 3.72. The van der Waals surface area contributed by atoms with E-state index in [0.29, 0.717) is 12.3 Å². The first kappa shape index (κ1) is 14.3. The number of fused-ring (bicyclic) bond motifs is 2. The van der Waals surface area contributed by atoms with Gasteiger partial charge in [-0.05, 0) is 24.3 Å². The summed E-state index contributed by atoms with van der Waals surface area (Å²) in [5, 5.41) is 10.2. The molecular weight excluding hydrogens is 308 g/mol. The lowest BCUT2D eigenvalue weighted by molar-refractivity contribution is 0.273. The van der Waals surface area contributed by atoms with Gasteiger partial charge in [0.1, 0.15) is 5.82 Å². The predicted octanol–water partition coefficient (Wildman–Crippen LogP) is 3.20. The molecule has 0 atom stereocenters. The standard InChI is InChI=1S/C17H16N4OS/c22-10-9-21-15-8-4-3-7-14(15)20-17(21)23-11-16-18-12-5-1-2-6-13(12)19-16/h1-8,22H,9-11H2,(H,18,19). The van der Waals surface area contributed by atoms with Crippen LogP contribution < -0.4 is 0 Å². The molecule has 2 aromatic carbocycles. The van der Waals surface area contributed by atoms with E-state index in [-0.39, 0.29) is 6.61 Å². The summed E-state index contributed by atoms with van der Waals surface area (Å²) in [4.78, 5) is 12.6. The molecule has 23 heavy (non-hydrogen) atoms. The van der Waals surface area contributed by atoms with Crippen LogP contribution in [-0.4, -0.2) is 31.2 Å². The Bertz CT molecular complexity index is 926. The van der Waals surface area contributed by atoms with Gasteiger partial charge in [-0.15, -0.1) is 0 Å². The second-order valence-electron chi connectivity index (χ2n) is 5.25. The minimum absolute atomic E-state index is 0.0958. The molecule has 0 saturated heterocycles. The molecule has 0 bridgehead atoms. The summed E-state index contributed by atoms with van der Waals surface area (Å²) < 4.78 is 2.06. The van der Waals surface area contributed by atoms with Gasteiger partial charge in [-0.3, -0.25) is 0 Å². The van der Waals surface area contributed by atoms with Crippen LogP contribution >= 0.6 is 11.8 Å². The fraction of sp³-hybridized carbons (Fsp3) is 0.176. The van der Waals surface area contributed by atoms with Crippen molar-refractivity contribution < 1.29 is 5.11 Å². The minimum atomic E-state index is 0.0958. The smallest absolute Gasteiger partial charge is 0.169 e. The van der Waals surface area contributed by atoms with Crippen LogP contribution in [0, 0.1) is 0 Å². The van der Waals surface area contributed by atoms with E-state index in [1.54, 1.807) is 11.8 Å². The zero-order valence-corrected chi connectivity index (χ0v) is 13.3. The van der Waals surface area contributed by atoms with Crippen molar-refractivity contribution in [3.63, 3.8) is 0 Å². The Labute approximate surface area is 137 Å². The second-order valence-corrected chi connectivity index (χ2v) is 6.19. The molecule has 0 aliphatic carbocycles. The molecule has 4 aromatic rings. The quantitative estimate of drug-likeness (QED) is 0.553. The average Bonchev–Trinajstić information content (AvgIpc) is 3.14. The summed E-state index contributed by atoms with van der Waals surface area (Å²) in [7, 11) is 0. The maximum atomic E-state index is 9.33. The summed E-state index contributed by atoms with van der Waals surface area (Å²) in [5.41, 5.74) is 4.03. The highest BCUT2D eigenvalue weighted by Gasteiger charge is 2.11. The van der Waals surface area contributed by atoms with E-state index < -0.39 is 0 Å². The summed E-state index contributed by atoms with van der Waals surface area (Å²) in [6.07, 6.45) is 0. The molecule has 0 radical (unpaired) electrons. The van der Waals surface area contributed by atoms with Gasteiger partial charge in [-0.25, -0.2) is 9.97 Å². The first-order chi connectivity index (χ1) is 11.3. The highest BCUT2D eigenvalue weighted by atomic mass is 32.2. The Hall–Kier alpha value is -2.31. The number of thioether (sulfide) groups is 1. The number of benzene rings is 2. The molecule has 0 aliphatic rings. The fourth-order valence-corrected chi connectivity index (χ4v) is 3.60. The molecule has 2 aromatic heterocycles. The number of aliphatic hydroxyl groups excluding tert-OH is 1. The van der Waals surface area contributed by atoms with E-state index in [1.165, 1.54) is 0 Å². The molecule has 4 rings (SSSR count). The summed E-state index contributed by atoms with van der Waals surface area (Å²) in [6, 6.07) is 16.0. The molecule has 0 amide bonds. The molecule has 116 valence electrons. The van der Waals surface area contributed by atoms with Gasteiger partial charge in [0.05, 0.1) is 34.4 Å². The van der Waals surface area contributed by atoms with Gasteiger partial charge in [0.2, 0.25) is 0 Å². The van der Waals surface area contributed by atoms with Crippen LogP contribution in [0.2, 0.25) is 0 Å². The van der Waals surface area contributed by atoms with E-state index in [0.717, 1.165) is 33.0 Å². The molecular formula is C17H16N4OS. The lowest BCUT2D eigenvalue weighted by atomic mass is 10.3. The molecule has 2 heterocycles. The number of nitrogens with zero attached hydrogens (tertiary/aromatic N) is 3. The predicted molar refractivity (Wildman–Crippen MR) is 92.5 cm³/mol. The lowest BCUT2D eigenvalue weighted by Crippen LogP contribution is -2.03. The second kappa shape index (κ2) is 6.06. The Balaban J connectivity index is 1.63. The maximum absolute atomic E-state index is 9.33. The van der Waals surface area contributed by atoms with Crippen molar-refractivity contribution in [3.8, 4) is 0 Å². The van der Waals surface area contributed by atoms with E-state index in [1.807, 2.05) is 48.5 Å². The van der Waals surface area contributed by atoms with E-state index >= 15 is 0 Å². The molecule has 0 saturated carbocycles. The number of H-pyrrole nitrogens is 1. The molecule has 0 unspecified atom stereocenters. The first-order valence-corrected chi connectivity index (χ1v) is 8.46. The number of aliphatic hydroxyl groups is 1. The largest absolute Gasteiger partial charge is 0.395 e. The van der Waals surface area contributed by atoms with Gasteiger partial charge in [-0.1, -0.05) is 36.0 Å². The van der Waals surface area contributed by atoms with Crippen molar-refractivity contribution in [3.05, 3.63) is 54.4 Å². The van der Waals surface area contributed by atoms with Crippen LogP contribution in [0.25, 0.3) is 22.1 Å². The topological polar surface area (TPSA) is 66.7 Å². The van der Waals surface area contributed by atoms with Crippen molar-refractivity contribution in [2.75, 3.05) is 6.61 Å². The normalized spacial score (nSPS) is 11.5. The Morgan fingerprint density at radius 1 is 1.00 bits per heavy atom. The van der Waals surface area contributed by atoms with Crippen molar-refractivity contribution in [2.24, 2.45) is 0 Å². The number of imidazole rings is 2. The summed E-state index contributed by atoms with van der Waals surface area (Å²) in [6.45, 7) is 0.640. The minimum Gasteiger partial charge on any atom is -0.395 e. The van der Waals surface area contributed by atoms with Crippen LogP contribution in [0.15, 0.2) is 53.7 Å². The van der Waals surface area contributed by atoms with Crippen molar-refractivity contribution in [1.82, 2.24) is 19.5 Å². The monoisotopic (exact) mass is 324 g/mol. The van der Waals surface area contributed by atoms with Gasteiger partial charge in [0.25, 0.3) is 0 Å². The van der Waals surface area contributed by atoms with Gasteiger partial charge >= 0.3 is 0 Å². The Morgan fingerprint density at radius 2 is 1.78 bits per heavy atom. The van der Waals surface area contributed by atoms with Crippen LogP contribution in [-0.2, 0) is 12.3 Å². The van der Waals surface area contributed by atoms with Gasteiger partial charge in [0, 0.05) is 6.54 Å². The number of para-hydroxylation sites is 4. The fourth-order valence-electron chi connectivity index (χ4n) is 2.69. The maximum Gasteiger partial charge on any atom is 0.169 e. The number of aromatic nitrogens is 4. The van der Waals surface area contributed by atoms with Gasteiger partial charge in [-0.2, -0.15) is 0 Å². The lowest BCUT2D eigenvalue weighted by Gasteiger charge is -2.05. The summed E-state index contributed by atoms with van der Waals surface area (Å²) >= 11 is 1.63. The first-order valence-electron chi connectivity index (χ1n) is 7.48. The van der Waals surface area contributed by atoms with E-state index in [4.69, 9.17) is 0 Å². The van der Waals surface area contributed by atoms with E-state index in [2.05, 4.69) is 19.5 Å². The summed E-state index contributed by atoms with van der Waals surface area (Å²) in [5.74, 6) is 1.64. The van der Waals surface area contributed by atoms with Crippen LogP contribution in [0.4, 0.5) is 0 Å². The van der Waals surface area contributed by atoms with Crippen molar-refractivity contribution in [1.29, 1.82) is 0 Å². The Morgan fingerprint density at radius 3 is 2.61 bits per heavy atom. The Kier molecular flexibility index (Phi) is 3.77. The molecule has 0 fully saturated rings. The number of nitrogens with one attached hydrogen (secondary N) is 1. The number of aromatic amines is 1. The number of hydrogen-bond acceptors (Lipinski definition) is 4. The molecule has 0 aliphatic heterocycles. The third kappa shape index (κ3) is 2.71. The van der Waals surface area contributed by atoms with Gasteiger partial charge in [0.15, 0.2) is 5.16 Å². The third-order valence-corrected chi connectivity index (χ3v) is 4.71. The van der Waals surface area contributed by atoms with Crippen LogP contribution in [0.5, 0.6) is 0 Å².